The molecule has 0 aromatic heterocycles. The van der Waals surface area contributed by atoms with E-state index in [-0.39, 0.29) is 36.4 Å². The summed E-state index contributed by atoms with van der Waals surface area (Å²) in [6.07, 6.45) is -6.74. The van der Waals surface area contributed by atoms with Gasteiger partial charge in [0, 0.05) is 23.3 Å². The number of hydrogen-bond donors (Lipinski definition) is 0. The molecule has 0 fully saturated rings. The molecule has 0 heterocycles. The fourth-order valence-electron chi connectivity index (χ4n) is 4.36. The van der Waals surface area contributed by atoms with Crippen LogP contribution in [0.3, 0.4) is 0 Å². The van der Waals surface area contributed by atoms with E-state index in [1.54, 1.807) is 13.8 Å². The van der Waals surface area contributed by atoms with Crippen molar-refractivity contribution in [1.29, 1.82) is 0 Å². The maximum atomic E-state index is 16.7. The topological polar surface area (TPSA) is 173 Å². The molecule has 12 nitrogen and oxygen atoms in total. The number of nitrogens with zero attached hydrogens (tertiary/aromatic N) is 2. The number of benzene rings is 4. The Morgan fingerprint density at radius 1 is 0.571 bits per heavy atom. The van der Waals surface area contributed by atoms with Crippen molar-refractivity contribution in [3.05, 3.63) is 127 Å². The van der Waals surface area contributed by atoms with E-state index in [1.807, 2.05) is 0 Å². The van der Waals surface area contributed by atoms with E-state index in [4.69, 9.17) is 8.37 Å². The number of hydrogen-bond acceptors (Lipinski definition) is 10. The van der Waals surface area contributed by atoms with Gasteiger partial charge in [-0.1, -0.05) is 47.5 Å². The summed E-state index contributed by atoms with van der Waals surface area (Å²) in [5.41, 5.74) is -10.8. The number of nitro groups is 2. The molecule has 49 heavy (non-hydrogen) atoms. The summed E-state index contributed by atoms with van der Waals surface area (Å²) in [6.45, 7) is 3.20. The summed E-state index contributed by atoms with van der Waals surface area (Å²) in [5, 5.41) is 23.7. The molecule has 0 N–H and O–H groups in total. The van der Waals surface area contributed by atoms with Gasteiger partial charge in [0.05, 0.1) is 9.85 Å². The third kappa shape index (κ3) is 7.00. The molecule has 0 unspecified atom stereocenters. The van der Waals surface area contributed by atoms with Gasteiger partial charge in [-0.05, 0) is 50.2 Å². The first-order valence-corrected chi connectivity index (χ1v) is 16.1. The highest BCUT2D eigenvalue weighted by atomic mass is 32.2. The third-order valence-corrected chi connectivity index (χ3v) is 9.41. The van der Waals surface area contributed by atoms with Crippen molar-refractivity contribution in [1.82, 2.24) is 0 Å². The minimum atomic E-state index is -6.74. The molecular formula is C29H20F6N2O10S2. The normalized spacial score (nSPS) is 12.7. The van der Waals surface area contributed by atoms with Crippen molar-refractivity contribution in [2.24, 2.45) is 0 Å². The minimum absolute atomic E-state index is 0.130. The Labute approximate surface area is 273 Å². The van der Waals surface area contributed by atoms with E-state index in [0.717, 1.165) is 24.3 Å². The van der Waals surface area contributed by atoms with Crippen LogP contribution < -0.4 is 8.37 Å². The average Bonchev–Trinajstić information content (AvgIpc) is 3.00. The summed E-state index contributed by atoms with van der Waals surface area (Å²) in [6, 6.07) is 9.97. The first kappa shape index (κ1) is 36.6. The predicted molar refractivity (Wildman–Crippen MR) is 157 cm³/mol. The van der Waals surface area contributed by atoms with Gasteiger partial charge in [0.25, 0.3) is 0 Å². The summed E-state index contributed by atoms with van der Waals surface area (Å²) in [7, 11) is -9.72. The van der Waals surface area contributed by atoms with Crippen molar-refractivity contribution in [2.75, 3.05) is 0 Å². The number of alkyl halides is 6. The average molecular weight is 735 g/mol. The van der Waals surface area contributed by atoms with Gasteiger partial charge in [0.1, 0.15) is 9.79 Å². The molecule has 0 amide bonds. The fourth-order valence-corrected chi connectivity index (χ4v) is 6.24. The molecule has 4 aromatic carbocycles. The molecular weight excluding hydrogens is 714 g/mol. The second-order valence-corrected chi connectivity index (χ2v) is 13.4. The van der Waals surface area contributed by atoms with E-state index >= 15 is 13.2 Å². The predicted octanol–water partition coefficient (Wildman–Crippen LogP) is 7.07. The Bertz CT molecular complexity index is 2020. The maximum Gasteiger partial charge on any atom is 0.457 e. The lowest BCUT2D eigenvalue weighted by atomic mass is 9.81. The van der Waals surface area contributed by atoms with Gasteiger partial charge in [0.15, 0.2) is 0 Å². The van der Waals surface area contributed by atoms with Gasteiger partial charge in [0.2, 0.25) is 17.2 Å². The Morgan fingerprint density at radius 3 is 1.18 bits per heavy atom. The lowest BCUT2D eigenvalue weighted by Crippen LogP contribution is -2.53. The zero-order valence-corrected chi connectivity index (χ0v) is 26.3. The van der Waals surface area contributed by atoms with Gasteiger partial charge >= 0.3 is 43.7 Å². The third-order valence-electron chi connectivity index (χ3n) is 6.91. The molecule has 4 rings (SSSR count). The van der Waals surface area contributed by atoms with E-state index in [1.165, 1.54) is 24.3 Å². The Kier molecular flexibility index (Phi) is 9.45. The number of nitro benzene ring substituents is 2. The van der Waals surface area contributed by atoms with E-state index < -0.39 is 91.6 Å². The van der Waals surface area contributed by atoms with Crippen LogP contribution in [0.2, 0.25) is 0 Å². The van der Waals surface area contributed by atoms with Crippen LogP contribution in [0.1, 0.15) is 22.3 Å². The Hall–Kier alpha value is -5.24. The summed E-state index contributed by atoms with van der Waals surface area (Å²) in [5.74, 6) is -8.89. The highest BCUT2D eigenvalue weighted by Crippen LogP contribution is 2.56. The first-order valence-electron chi connectivity index (χ1n) is 13.2. The molecule has 0 atom stereocenters. The molecule has 0 spiro atoms. The largest absolute Gasteiger partial charge is 0.457 e. The van der Waals surface area contributed by atoms with E-state index in [2.05, 4.69) is 0 Å². The Balaban J connectivity index is 1.90. The first-order chi connectivity index (χ1) is 22.5. The molecule has 4 aromatic rings. The van der Waals surface area contributed by atoms with E-state index in [0.29, 0.717) is 11.1 Å². The summed E-state index contributed by atoms with van der Waals surface area (Å²) >= 11 is 0. The van der Waals surface area contributed by atoms with Crippen molar-refractivity contribution in [3.63, 3.8) is 0 Å². The maximum absolute atomic E-state index is 16.7. The zero-order valence-electron chi connectivity index (χ0n) is 24.6. The second-order valence-electron chi connectivity index (χ2n) is 10.3. The molecule has 0 saturated carbocycles. The lowest BCUT2D eigenvalue weighted by Gasteiger charge is -2.35. The molecule has 0 bridgehead atoms. The molecule has 0 aliphatic rings. The van der Waals surface area contributed by atoms with E-state index in [9.17, 15) is 50.2 Å². The highest BCUT2D eigenvalue weighted by Gasteiger charge is 2.73. The zero-order chi connectivity index (χ0) is 36.7. The van der Waals surface area contributed by atoms with Crippen LogP contribution in [-0.4, -0.2) is 38.8 Å². The quantitative estimate of drug-likeness (QED) is 0.0672. The Morgan fingerprint density at radius 2 is 0.898 bits per heavy atom. The minimum Gasteiger partial charge on any atom is -0.372 e. The summed E-state index contributed by atoms with van der Waals surface area (Å²) < 4.78 is 149. The standard InChI is InChI=1S/C29H20F6N2O10S2/c1-17-3-9-21(10-4-17)48(42,43)46-25-13-7-19(15-23(25)36(38)39)27(30,28(31,32)29(33,34)35)20-8-14-26(24(16-20)37(40)41)47-49(44,45)22-11-5-18(2)6-12-22/h3-16H,1-2H3. The number of rotatable bonds is 11. The van der Waals surface area contributed by atoms with Gasteiger partial charge in [-0.2, -0.15) is 38.8 Å². The summed E-state index contributed by atoms with van der Waals surface area (Å²) in [4.78, 5) is 19.7. The van der Waals surface area contributed by atoms with Crippen LogP contribution in [-0.2, 0) is 25.9 Å². The van der Waals surface area contributed by atoms with Crippen LogP contribution in [0, 0.1) is 34.1 Å². The molecule has 0 aliphatic heterocycles. The smallest absolute Gasteiger partial charge is 0.372 e. The van der Waals surface area contributed by atoms with Gasteiger partial charge in [-0.15, -0.1) is 0 Å². The van der Waals surface area contributed by atoms with Crippen molar-refractivity contribution < 1.29 is 61.4 Å². The van der Waals surface area contributed by atoms with Gasteiger partial charge in [-0.25, -0.2) is 4.39 Å². The van der Waals surface area contributed by atoms with Crippen molar-refractivity contribution in [3.8, 4) is 11.5 Å². The monoisotopic (exact) mass is 734 g/mol. The number of aryl methyl sites for hydroxylation is 2. The van der Waals surface area contributed by atoms with Crippen molar-refractivity contribution in [2.45, 2.75) is 41.4 Å². The second kappa shape index (κ2) is 12.7. The van der Waals surface area contributed by atoms with Crippen LogP contribution >= 0.6 is 0 Å². The number of halogens is 6. The van der Waals surface area contributed by atoms with Crippen LogP contribution in [0.25, 0.3) is 0 Å². The molecule has 20 heteroatoms. The lowest BCUT2D eigenvalue weighted by molar-refractivity contribution is -0.385. The molecule has 0 radical (unpaired) electrons. The fraction of sp³-hybridized carbons (Fsp3) is 0.172. The van der Waals surface area contributed by atoms with Crippen LogP contribution in [0.15, 0.2) is 94.7 Å². The molecule has 0 saturated heterocycles. The van der Waals surface area contributed by atoms with Gasteiger partial charge < -0.3 is 8.37 Å². The van der Waals surface area contributed by atoms with Crippen LogP contribution in [0.4, 0.5) is 37.7 Å². The van der Waals surface area contributed by atoms with Crippen molar-refractivity contribution >= 4 is 31.6 Å². The van der Waals surface area contributed by atoms with Crippen LogP contribution in [0.5, 0.6) is 11.5 Å². The highest BCUT2D eigenvalue weighted by molar-refractivity contribution is 7.87. The van der Waals surface area contributed by atoms with Gasteiger partial charge in [-0.3, -0.25) is 20.2 Å². The molecule has 260 valence electrons. The molecule has 0 aliphatic carbocycles. The SMILES string of the molecule is Cc1ccc(S(=O)(=O)Oc2ccc(C(F)(c3ccc(OS(=O)(=O)c4ccc(C)cc4)c([N+](=O)[O-])c3)C(F)(F)C(F)(F)F)cc2[N+](=O)[O-])cc1.